The van der Waals surface area contributed by atoms with E-state index < -0.39 is 5.92 Å². The average molecular weight is 241 g/mol. The number of nitrogens with zero attached hydrogens (tertiary/aromatic N) is 2. The van der Waals surface area contributed by atoms with Crippen LogP contribution < -0.4 is 10.3 Å². The maximum atomic E-state index is 10.9. The summed E-state index contributed by atoms with van der Waals surface area (Å²) in [5.74, 6) is 0.220. The lowest BCUT2D eigenvalue weighted by Crippen LogP contribution is -2.10. The smallest absolute Gasteiger partial charge is 0.264 e. The minimum Gasteiger partial charge on any atom is -0.497 e. The molecule has 0 amide bonds. The Hall–Kier alpha value is -2.61. The van der Waals surface area contributed by atoms with Crippen LogP contribution in [0, 0.1) is 11.3 Å². The summed E-state index contributed by atoms with van der Waals surface area (Å²) in [5, 5.41) is 15.4. The van der Waals surface area contributed by atoms with Crippen LogP contribution in [-0.4, -0.2) is 17.3 Å². The van der Waals surface area contributed by atoms with E-state index in [4.69, 9.17) is 4.74 Å². The minimum absolute atomic E-state index is 0.287. The number of H-pyrrole nitrogens is 1. The molecule has 1 N–H and O–H groups in total. The van der Waals surface area contributed by atoms with Crippen molar-refractivity contribution in [2.24, 2.45) is 0 Å². The Balaban J connectivity index is 2.36. The van der Waals surface area contributed by atoms with Crippen molar-refractivity contribution in [3.63, 3.8) is 0 Å². The summed E-state index contributed by atoms with van der Waals surface area (Å²) < 4.78 is 5.06. The molecule has 0 aliphatic heterocycles. The van der Waals surface area contributed by atoms with Crippen LogP contribution in [0.15, 0.2) is 41.2 Å². The highest BCUT2D eigenvalue weighted by molar-refractivity contribution is 5.37. The van der Waals surface area contributed by atoms with Crippen molar-refractivity contribution in [3.8, 4) is 11.8 Å². The van der Waals surface area contributed by atoms with Gasteiger partial charge >= 0.3 is 0 Å². The summed E-state index contributed by atoms with van der Waals surface area (Å²) in [7, 11) is 1.58. The van der Waals surface area contributed by atoms with Crippen molar-refractivity contribution >= 4 is 0 Å². The first kappa shape index (κ1) is 11.9. The molecular formula is C13H11N3O2. The van der Waals surface area contributed by atoms with E-state index in [0.717, 1.165) is 11.3 Å². The monoisotopic (exact) mass is 241 g/mol. The van der Waals surface area contributed by atoms with Crippen LogP contribution in [0.1, 0.15) is 17.2 Å². The van der Waals surface area contributed by atoms with Crippen LogP contribution >= 0.6 is 0 Å². The third-order valence-electron chi connectivity index (χ3n) is 2.57. The van der Waals surface area contributed by atoms with Gasteiger partial charge in [0.05, 0.1) is 18.9 Å². The number of nitrogens with one attached hydrogen (secondary N) is 1. The molecular weight excluding hydrogens is 230 g/mol. The molecule has 0 aliphatic carbocycles. The number of benzene rings is 1. The Labute approximate surface area is 104 Å². The molecule has 5 heteroatoms. The Morgan fingerprint density at radius 2 is 2.00 bits per heavy atom. The van der Waals surface area contributed by atoms with Gasteiger partial charge in [0.25, 0.3) is 5.56 Å². The number of aromatic nitrogens is 2. The molecule has 0 radical (unpaired) electrons. The molecule has 0 unspecified atom stereocenters. The Morgan fingerprint density at radius 1 is 1.28 bits per heavy atom. The van der Waals surface area contributed by atoms with Gasteiger partial charge in [-0.15, -0.1) is 0 Å². The van der Waals surface area contributed by atoms with E-state index in [1.165, 1.54) is 6.07 Å². The zero-order valence-electron chi connectivity index (χ0n) is 9.75. The number of methoxy groups -OCH3 is 1. The zero-order chi connectivity index (χ0) is 13.0. The quantitative estimate of drug-likeness (QED) is 0.881. The largest absolute Gasteiger partial charge is 0.497 e. The molecule has 18 heavy (non-hydrogen) atoms. The van der Waals surface area contributed by atoms with Gasteiger partial charge in [0, 0.05) is 6.07 Å². The van der Waals surface area contributed by atoms with Gasteiger partial charge in [-0.3, -0.25) is 4.79 Å². The van der Waals surface area contributed by atoms with Crippen molar-refractivity contribution in [2.75, 3.05) is 7.11 Å². The highest BCUT2D eigenvalue weighted by Gasteiger charge is 2.14. The summed E-state index contributed by atoms with van der Waals surface area (Å²) in [6.07, 6.45) is 0. The molecule has 0 aliphatic rings. The zero-order valence-corrected chi connectivity index (χ0v) is 9.75. The maximum absolute atomic E-state index is 10.9. The first-order chi connectivity index (χ1) is 8.74. The molecule has 1 aromatic heterocycles. The standard InChI is InChI=1S/C13H11N3O2/c1-18-10-4-2-9(3-5-10)11(8-14)12-6-7-13(17)16-15-12/h2-7,11H,1H3,(H,16,17)/t11-/m1/s1. The third kappa shape index (κ3) is 2.38. The molecule has 2 aromatic rings. The molecule has 1 atom stereocenters. The number of nitriles is 1. The second-order valence-electron chi connectivity index (χ2n) is 3.68. The summed E-state index contributed by atoms with van der Waals surface area (Å²) in [5.41, 5.74) is 1.03. The predicted octanol–water partition coefficient (Wildman–Crippen LogP) is 1.43. The van der Waals surface area contributed by atoms with Gasteiger partial charge in [-0.1, -0.05) is 12.1 Å². The second kappa shape index (κ2) is 5.15. The first-order valence-corrected chi connectivity index (χ1v) is 5.34. The van der Waals surface area contributed by atoms with Crippen molar-refractivity contribution in [2.45, 2.75) is 5.92 Å². The fourth-order valence-electron chi connectivity index (χ4n) is 1.62. The maximum Gasteiger partial charge on any atom is 0.264 e. The van der Waals surface area contributed by atoms with Gasteiger partial charge < -0.3 is 4.74 Å². The van der Waals surface area contributed by atoms with E-state index in [0.29, 0.717) is 5.69 Å². The molecule has 2 rings (SSSR count). The lowest BCUT2D eigenvalue weighted by Gasteiger charge is -2.08. The van der Waals surface area contributed by atoms with Crippen molar-refractivity contribution in [1.82, 2.24) is 10.2 Å². The van der Waals surface area contributed by atoms with Gasteiger partial charge in [-0.2, -0.15) is 10.4 Å². The van der Waals surface area contributed by atoms with E-state index >= 15 is 0 Å². The summed E-state index contributed by atoms with van der Waals surface area (Å²) >= 11 is 0. The molecule has 90 valence electrons. The van der Waals surface area contributed by atoms with Crippen LogP contribution in [0.2, 0.25) is 0 Å². The average Bonchev–Trinajstić information content (AvgIpc) is 2.42. The fraction of sp³-hybridized carbons (Fsp3) is 0.154. The normalized spacial score (nSPS) is 11.6. The van der Waals surface area contributed by atoms with E-state index in [1.54, 1.807) is 37.4 Å². The van der Waals surface area contributed by atoms with E-state index in [2.05, 4.69) is 16.3 Å². The highest BCUT2D eigenvalue weighted by atomic mass is 16.5. The van der Waals surface area contributed by atoms with Crippen LogP contribution in [0.4, 0.5) is 0 Å². The summed E-state index contributed by atoms with van der Waals surface area (Å²) in [4.78, 5) is 10.9. The number of ether oxygens (including phenoxy) is 1. The Bertz CT molecular complexity index is 605. The second-order valence-corrected chi connectivity index (χ2v) is 3.68. The minimum atomic E-state index is -0.507. The predicted molar refractivity (Wildman–Crippen MR) is 65.3 cm³/mol. The molecule has 0 saturated heterocycles. The lowest BCUT2D eigenvalue weighted by molar-refractivity contribution is 0.414. The fourth-order valence-corrected chi connectivity index (χ4v) is 1.62. The van der Waals surface area contributed by atoms with Crippen LogP contribution in [0.25, 0.3) is 0 Å². The molecule has 1 heterocycles. The SMILES string of the molecule is COc1ccc([C@@H](C#N)c2ccc(=O)[nH]n2)cc1. The van der Waals surface area contributed by atoms with Crippen LogP contribution in [0.5, 0.6) is 5.75 Å². The number of hydrogen-bond acceptors (Lipinski definition) is 4. The van der Waals surface area contributed by atoms with Crippen molar-refractivity contribution in [3.05, 3.63) is 58.0 Å². The Morgan fingerprint density at radius 3 is 2.50 bits per heavy atom. The molecule has 0 bridgehead atoms. The van der Waals surface area contributed by atoms with Crippen molar-refractivity contribution in [1.29, 1.82) is 5.26 Å². The molecule has 0 spiro atoms. The Kier molecular flexibility index (Phi) is 3.39. The molecule has 5 nitrogen and oxygen atoms in total. The topological polar surface area (TPSA) is 78.8 Å². The number of rotatable bonds is 3. The van der Waals surface area contributed by atoms with Gasteiger partial charge in [0.2, 0.25) is 0 Å². The van der Waals surface area contributed by atoms with Gasteiger partial charge in [-0.25, -0.2) is 5.10 Å². The number of hydrogen-bond donors (Lipinski definition) is 1. The molecule has 0 fully saturated rings. The van der Waals surface area contributed by atoms with Gasteiger partial charge in [0.1, 0.15) is 11.7 Å². The van der Waals surface area contributed by atoms with E-state index in [-0.39, 0.29) is 5.56 Å². The van der Waals surface area contributed by atoms with Gasteiger partial charge in [0.15, 0.2) is 0 Å². The number of aromatic amines is 1. The first-order valence-electron chi connectivity index (χ1n) is 5.34. The molecule has 0 saturated carbocycles. The highest BCUT2D eigenvalue weighted by Crippen LogP contribution is 2.23. The lowest BCUT2D eigenvalue weighted by atomic mass is 9.97. The summed E-state index contributed by atoms with van der Waals surface area (Å²) in [6.45, 7) is 0. The van der Waals surface area contributed by atoms with Crippen LogP contribution in [-0.2, 0) is 0 Å². The van der Waals surface area contributed by atoms with E-state index in [1.807, 2.05) is 0 Å². The third-order valence-corrected chi connectivity index (χ3v) is 2.57. The summed E-state index contributed by atoms with van der Waals surface area (Å²) in [6, 6.07) is 12.3. The van der Waals surface area contributed by atoms with Crippen LogP contribution in [0.3, 0.4) is 0 Å². The van der Waals surface area contributed by atoms with Crippen molar-refractivity contribution < 1.29 is 4.74 Å². The van der Waals surface area contributed by atoms with Gasteiger partial charge in [-0.05, 0) is 23.8 Å². The molecule has 1 aromatic carbocycles. The van der Waals surface area contributed by atoms with E-state index in [9.17, 15) is 10.1 Å².